The molecule has 31 heavy (non-hydrogen) atoms. The van der Waals surface area contributed by atoms with Gasteiger partial charge in [0.25, 0.3) is 0 Å². The van der Waals surface area contributed by atoms with Gasteiger partial charge < -0.3 is 11.1 Å². The summed E-state index contributed by atoms with van der Waals surface area (Å²) in [4.78, 5) is 12.5. The molecule has 2 aromatic carbocycles. The highest BCUT2D eigenvalue weighted by Crippen LogP contribution is 2.34. The minimum atomic E-state index is -0.685. The predicted octanol–water partition coefficient (Wildman–Crippen LogP) is 3.23. The largest absolute Gasteiger partial charge is 0.368 e. The molecule has 0 bridgehead atoms. The Balaban J connectivity index is 1.67. The van der Waals surface area contributed by atoms with Gasteiger partial charge in [-0.3, -0.25) is 0 Å². The van der Waals surface area contributed by atoms with Crippen molar-refractivity contribution >= 4 is 5.69 Å². The van der Waals surface area contributed by atoms with Crippen molar-refractivity contribution in [3.05, 3.63) is 81.9 Å². The summed E-state index contributed by atoms with van der Waals surface area (Å²) >= 11 is 0. The number of fused-ring (bicyclic) bond motifs is 1. The van der Waals surface area contributed by atoms with Gasteiger partial charge in [-0.05, 0) is 82.3 Å². The minimum absolute atomic E-state index is 0.0359. The maximum absolute atomic E-state index is 14.9. The molecule has 7 nitrogen and oxygen atoms in total. The molecule has 0 fully saturated rings. The number of hydrogen-bond acceptors (Lipinski definition) is 5. The van der Waals surface area contributed by atoms with Gasteiger partial charge in [-0.2, -0.15) is 9.36 Å². The Bertz CT molecular complexity index is 1260. The van der Waals surface area contributed by atoms with E-state index in [9.17, 15) is 13.6 Å². The second kappa shape index (κ2) is 8.27. The Morgan fingerprint density at radius 1 is 1.26 bits per heavy atom. The molecule has 0 amide bonds. The lowest BCUT2D eigenvalue weighted by atomic mass is 9.93. The van der Waals surface area contributed by atoms with Crippen LogP contribution in [0.1, 0.15) is 17.5 Å². The van der Waals surface area contributed by atoms with Crippen LogP contribution >= 0.6 is 0 Å². The molecule has 0 unspecified atom stereocenters. The van der Waals surface area contributed by atoms with E-state index >= 15 is 0 Å². The van der Waals surface area contributed by atoms with Crippen molar-refractivity contribution in [2.45, 2.75) is 26.3 Å². The third-order valence-electron chi connectivity index (χ3n) is 5.33. The topological polar surface area (TPSA) is 90.8 Å². The highest BCUT2D eigenvalue weighted by Gasteiger charge is 2.17. The smallest absolute Gasteiger partial charge is 0.359 e. The number of halogens is 2. The molecular formula is C22H22F2N6O. The molecule has 0 spiro atoms. The summed E-state index contributed by atoms with van der Waals surface area (Å²) in [5.74, 6) is -0.617. The van der Waals surface area contributed by atoms with Gasteiger partial charge in [0.1, 0.15) is 11.5 Å². The van der Waals surface area contributed by atoms with Crippen molar-refractivity contribution in [3.63, 3.8) is 0 Å². The van der Waals surface area contributed by atoms with Crippen LogP contribution < -0.4 is 16.7 Å². The van der Waals surface area contributed by atoms with Crippen molar-refractivity contribution in [3.8, 4) is 16.8 Å². The van der Waals surface area contributed by atoms with Crippen LogP contribution in [0.5, 0.6) is 0 Å². The van der Waals surface area contributed by atoms with Crippen molar-refractivity contribution in [2.24, 2.45) is 5.73 Å². The summed E-state index contributed by atoms with van der Waals surface area (Å²) in [6.07, 6.45) is 2.05. The number of allylic oxidation sites excluding steroid dienone is 1. The monoisotopic (exact) mass is 424 g/mol. The van der Waals surface area contributed by atoms with Gasteiger partial charge in [0.2, 0.25) is 0 Å². The lowest BCUT2D eigenvalue weighted by molar-refractivity contribution is 0.599. The standard InChI is InChI=1S/C22H22F2N6O/c1-13-7-18(8-17-4-3-14(2)26-21(13)17)16-5-6-20(19(24)9-16)30-22(31)29(27-28-30)12-15(10-23)11-25/h5-10,26H,2-4,11-12,25H2,1H3/b15-10+. The molecule has 0 radical (unpaired) electrons. The third kappa shape index (κ3) is 3.91. The molecule has 4 rings (SSSR count). The Morgan fingerprint density at radius 3 is 2.77 bits per heavy atom. The number of anilines is 1. The fourth-order valence-corrected chi connectivity index (χ4v) is 3.65. The summed E-state index contributed by atoms with van der Waals surface area (Å²) in [5.41, 5.74) is 10.7. The van der Waals surface area contributed by atoms with Gasteiger partial charge >= 0.3 is 5.69 Å². The van der Waals surface area contributed by atoms with Crippen molar-refractivity contribution in [1.29, 1.82) is 0 Å². The van der Waals surface area contributed by atoms with E-state index in [1.165, 1.54) is 12.1 Å². The fraction of sp³-hybridized carbons (Fsp3) is 0.227. The van der Waals surface area contributed by atoms with Crippen LogP contribution in [0.2, 0.25) is 0 Å². The number of rotatable bonds is 5. The zero-order chi connectivity index (χ0) is 22.1. The van der Waals surface area contributed by atoms with E-state index in [0.717, 1.165) is 50.3 Å². The number of tetrazole rings is 1. The highest BCUT2D eigenvalue weighted by molar-refractivity contribution is 5.73. The molecule has 1 aliphatic heterocycles. The lowest BCUT2D eigenvalue weighted by Gasteiger charge is -2.23. The molecule has 160 valence electrons. The number of nitrogens with one attached hydrogen (secondary N) is 1. The Labute approximate surface area is 177 Å². The third-order valence-corrected chi connectivity index (χ3v) is 5.33. The number of nitrogens with zero attached hydrogens (tertiary/aromatic N) is 4. The van der Waals surface area contributed by atoms with E-state index in [4.69, 9.17) is 5.73 Å². The van der Waals surface area contributed by atoms with E-state index in [2.05, 4.69) is 22.3 Å². The van der Waals surface area contributed by atoms with Gasteiger partial charge in [0, 0.05) is 17.9 Å². The molecule has 0 saturated carbocycles. The zero-order valence-electron chi connectivity index (χ0n) is 17.0. The molecular weight excluding hydrogens is 402 g/mol. The maximum Gasteiger partial charge on any atom is 0.368 e. The average Bonchev–Trinajstić information content (AvgIpc) is 3.12. The molecule has 1 aromatic heterocycles. The number of benzene rings is 2. The number of aryl methyl sites for hydroxylation is 2. The van der Waals surface area contributed by atoms with Crippen LogP contribution in [0.3, 0.4) is 0 Å². The minimum Gasteiger partial charge on any atom is -0.359 e. The van der Waals surface area contributed by atoms with Crippen molar-refractivity contribution in [1.82, 2.24) is 19.8 Å². The summed E-state index contributed by atoms with van der Waals surface area (Å²) in [5, 5.41) is 10.7. The number of hydrogen-bond donors (Lipinski definition) is 2. The summed E-state index contributed by atoms with van der Waals surface area (Å²) in [6, 6.07) is 8.60. The fourth-order valence-electron chi connectivity index (χ4n) is 3.65. The van der Waals surface area contributed by atoms with E-state index in [1.54, 1.807) is 6.07 Å². The second-order valence-electron chi connectivity index (χ2n) is 7.52. The Hall–Kier alpha value is -3.59. The van der Waals surface area contributed by atoms with Crippen molar-refractivity contribution < 1.29 is 8.78 Å². The normalized spacial score (nSPS) is 13.8. The molecule has 1 aliphatic rings. The molecule has 3 aromatic rings. The predicted molar refractivity (Wildman–Crippen MR) is 115 cm³/mol. The average molecular weight is 424 g/mol. The number of nitrogens with two attached hydrogens (primary N) is 1. The second-order valence-corrected chi connectivity index (χ2v) is 7.52. The van der Waals surface area contributed by atoms with Crippen LogP contribution in [0.25, 0.3) is 16.8 Å². The molecule has 0 atom stereocenters. The van der Waals surface area contributed by atoms with E-state index in [-0.39, 0.29) is 24.4 Å². The molecule has 3 N–H and O–H groups in total. The first-order valence-electron chi connectivity index (χ1n) is 9.81. The van der Waals surface area contributed by atoms with Crippen LogP contribution in [-0.4, -0.2) is 26.3 Å². The van der Waals surface area contributed by atoms with E-state index in [1.807, 2.05) is 19.1 Å². The summed E-state index contributed by atoms with van der Waals surface area (Å²) in [6.45, 7) is 5.77. The van der Waals surface area contributed by atoms with Gasteiger partial charge in [-0.25, -0.2) is 13.6 Å². The molecule has 9 heteroatoms. The van der Waals surface area contributed by atoms with E-state index in [0.29, 0.717) is 11.9 Å². The van der Waals surface area contributed by atoms with Crippen LogP contribution in [0, 0.1) is 12.7 Å². The summed E-state index contributed by atoms with van der Waals surface area (Å²) < 4.78 is 29.5. The van der Waals surface area contributed by atoms with Crippen LogP contribution in [0.4, 0.5) is 14.5 Å². The van der Waals surface area contributed by atoms with Gasteiger partial charge in [0.05, 0.1) is 12.9 Å². The number of aromatic nitrogens is 4. The molecule has 2 heterocycles. The Morgan fingerprint density at radius 2 is 2.06 bits per heavy atom. The zero-order valence-corrected chi connectivity index (χ0v) is 17.0. The maximum atomic E-state index is 14.9. The van der Waals surface area contributed by atoms with E-state index < -0.39 is 11.5 Å². The highest BCUT2D eigenvalue weighted by atomic mass is 19.1. The molecule has 0 aliphatic carbocycles. The van der Waals surface area contributed by atoms with Gasteiger partial charge in [-0.1, -0.05) is 12.6 Å². The summed E-state index contributed by atoms with van der Waals surface area (Å²) in [7, 11) is 0. The Kier molecular flexibility index (Phi) is 5.51. The lowest BCUT2D eigenvalue weighted by Crippen LogP contribution is -2.26. The van der Waals surface area contributed by atoms with Crippen molar-refractivity contribution in [2.75, 3.05) is 11.9 Å². The first kappa shape index (κ1) is 20.7. The van der Waals surface area contributed by atoms with Gasteiger partial charge in [-0.15, -0.1) is 0 Å². The van der Waals surface area contributed by atoms with Crippen LogP contribution in [-0.2, 0) is 13.0 Å². The quantitative estimate of drug-likeness (QED) is 0.656. The SMILES string of the molecule is C=C1CCc2cc(-c3ccc(-n4nnn(C/C(=C/F)CN)c4=O)c(F)c3)cc(C)c2N1. The van der Waals surface area contributed by atoms with Gasteiger partial charge in [0.15, 0.2) is 0 Å². The first-order valence-corrected chi connectivity index (χ1v) is 9.81. The van der Waals surface area contributed by atoms with Crippen LogP contribution in [0.15, 0.2) is 59.3 Å². The molecule has 0 saturated heterocycles. The first-order chi connectivity index (χ1) is 14.9.